The van der Waals surface area contributed by atoms with Gasteiger partial charge >= 0.3 is 5.97 Å². The molecule has 0 spiro atoms. The molecule has 1 fully saturated rings. The Morgan fingerprint density at radius 2 is 2.00 bits per heavy atom. The number of carbonyl (C=O) groups excluding carboxylic acids is 1. The molecular weight excluding hydrogens is 372 g/mol. The number of ether oxygens (including phenoxy) is 2. The number of aliphatic hydroxyl groups excluding tert-OH is 1. The molecular formula is C21H28N4O4. The van der Waals surface area contributed by atoms with E-state index in [0.29, 0.717) is 29.0 Å². The van der Waals surface area contributed by atoms with Gasteiger partial charge in [0.15, 0.2) is 0 Å². The predicted molar refractivity (Wildman–Crippen MR) is 111 cm³/mol. The van der Waals surface area contributed by atoms with Gasteiger partial charge in [0.05, 0.1) is 32.6 Å². The van der Waals surface area contributed by atoms with Gasteiger partial charge in [0.25, 0.3) is 0 Å². The molecule has 156 valence electrons. The van der Waals surface area contributed by atoms with Crippen molar-refractivity contribution >= 4 is 23.4 Å². The third-order valence-electron chi connectivity index (χ3n) is 4.94. The summed E-state index contributed by atoms with van der Waals surface area (Å²) in [5, 5.41) is 16.1. The zero-order valence-corrected chi connectivity index (χ0v) is 17.2. The molecule has 1 aromatic carbocycles. The molecule has 1 aliphatic rings. The normalized spacial score (nSPS) is 14.4. The van der Waals surface area contributed by atoms with Crippen LogP contribution in [0.2, 0.25) is 0 Å². The molecule has 2 aromatic rings. The number of methoxy groups -OCH3 is 2. The number of hydrogen-bond donors (Lipinski definition) is 3. The van der Waals surface area contributed by atoms with Crippen LogP contribution in [0.15, 0.2) is 24.3 Å². The summed E-state index contributed by atoms with van der Waals surface area (Å²) in [6.45, 7) is 4.07. The summed E-state index contributed by atoms with van der Waals surface area (Å²) in [4.78, 5) is 21.0. The number of esters is 1. The molecule has 0 amide bonds. The van der Waals surface area contributed by atoms with Crippen molar-refractivity contribution in [3.63, 3.8) is 0 Å². The summed E-state index contributed by atoms with van der Waals surface area (Å²) in [6.07, 6.45) is 2.23. The Bertz CT molecular complexity index is 868. The Labute approximate surface area is 170 Å². The van der Waals surface area contributed by atoms with Gasteiger partial charge in [-0.15, -0.1) is 0 Å². The van der Waals surface area contributed by atoms with E-state index in [9.17, 15) is 9.90 Å². The van der Waals surface area contributed by atoms with Gasteiger partial charge in [-0.05, 0) is 30.9 Å². The Kier molecular flexibility index (Phi) is 6.53. The maximum absolute atomic E-state index is 11.8. The van der Waals surface area contributed by atoms with Crippen LogP contribution in [0, 0.1) is 5.92 Å². The molecule has 1 aromatic heterocycles. The summed E-state index contributed by atoms with van der Waals surface area (Å²) in [6, 6.07) is 6.95. The van der Waals surface area contributed by atoms with E-state index in [1.807, 2.05) is 19.9 Å². The number of aromatic nitrogens is 2. The van der Waals surface area contributed by atoms with Gasteiger partial charge < -0.3 is 25.2 Å². The number of rotatable bonds is 9. The summed E-state index contributed by atoms with van der Waals surface area (Å²) in [5.41, 5.74) is 2.05. The minimum atomic E-state index is -0.457. The zero-order chi connectivity index (χ0) is 21.0. The van der Waals surface area contributed by atoms with Crippen molar-refractivity contribution in [2.45, 2.75) is 38.6 Å². The highest BCUT2D eigenvalue weighted by atomic mass is 16.5. The maximum atomic E-state index is 11.8. The molecule has 0 unspecified atom stereocenters. The number of nitrogens with one attached hydrogen (secondary N) is 2. The molecule has 1 saturated carbocycles. The number of hydrogen-bond acceptors (Lipinski definition) is 8. The van der Waals surface area contributed by atoms with E-state index >= 15 is 0 Å². The van der Waals surface area contributed by atoms with E-state index in [1.165, 1.54) is 14.2 Å². The highest BCUT2D eigenvalue weighted by Gasteiger charge is 2.27. The van der Waals surface area contributed by atoms with Crippen LogP contribution in [0.3, 0.4) is 0 Å². The Morgan fingerprint density at radius 3 is 2.59 bits per heavy atom. The van der Waals surface area contributed by atoms with E-state index < -0.39 is 5.97 Å². The topological polar surface area (TPSA) is 106 Å². The molecule has 3 rings (SSSR count). The van der Waals surface area contributed by atoms with Gasteiger partial charge in [-0.1, -0.05) is 13.8 Å². The molecule has 1 aliphatic carbocycles. The molecule has 1 atom stereocenters. The highest BCUT2D eigenvalue weighted by molar-refractivity contribution is 5.93. The van der Waals surface area contributed by atoms with Crippen molar-refractivity contribution in [1.29, 1.82) is 0 Å². The maximum Gasteiger partial charge on any atom is 0.341 e. The third-order valence-corrected chi connectivity index (χ3v) is 4.94. The summed E-state index contributed by atoms with van der Waals surface area (Å²) in [5.74, 6) is 1.76. The fourth-order valence-electron chi connectivity index (χ4n) is 2.97. The number of carbonyl (C=O) groups is 1. The SMILES string of the molecule is COC(=O)c1ccc(Nc2cc(C3CC3)nc(N[C@H](CO)C(C)C)n2)cc1OC. The molecule has 8 heteroatoms. The second kappa shape index (κ2) is 9.09. The van der Waals surface area contributed by atoms with Crippen LogP contribution in [0.1, 0.15) is 48.7 Å². The standard InChI is InChI=1S/C21H28N4O4/c1-12(2)17(11-26)24-21-23-16(13-5-6-13)10-19(25-21)22-14-7-8-15(20(27)29-4)18(9-14)28-3/h7-10,12-13,17,26H,5-6,11H2,1-4H3,(H2,22,23,24,25)/t17-/m1/s1. The van der Waals surface area contributed by atoms with Gasteiger partial charge in [0.1, 0.15) is 17.1 Å². The van der Waals surface area contributed by atoms with E-state index in [-0.39, 0.29) is 18.6 Å². The first-order chi connectivity index (χ1) is 13.9. The zero-order valence-electron chi connectivity index (χ0n) is 17.2. The first-order valence-electron chi connectivity index (χ1n) is 9.75. The van der Waals surface area contributed by atoms with E-state index in [0.717, 1.165) is 24.2 Å². The van der Waals surface area contributed by atoms with Crippen LogP contribution in [0.5, 0.6) is 5.75 Å². The van der Waals surface area contributed by atoms with Crippen molar-refractivity contribution in [1.82, 2.24) is 9.97 Å². The first-order valence-corrected chi connectivity index (χ1v) is 9.75. The highest BCUT2D eigenvalue weighted by Crippen LogP contribution is 2.40. The quantitative estimate of drug-likeness (QED) is 0.551. The predicted octanol–water partition coefficient (Wildman–Crippen LogP) is 3.32. The number of anilines is 3. The van der Waals surface area contributed by atoms with Crippen LogP contribution in [-0.2, 0) is 4.74 Å². The van der Waals surface area contributed by atoms with Crippen molar-refractivity contribution in [2.75, 3.05) is 31.5 Å². The van der Waals surface area contributed by atoms with Gasteiger partial charge in [0, 0.05) is 23.7 Å². The molecule has 0 saturated heterocycles. The largest absolute Gasteiger partial charge is 0.496 e. The second-order valence-electron chi connectivity index (χ2n) is 7.48. The monoisotopic (exact) mass is 400 g/mol. The Morgan fingerprint density at radius 1 is 1.24 bits per heavy atom. The van der Waals surface area contributed by atoms with Crippen LogP contribution in [0.4, 0.5) is 17.5 Å². The van der Waals surface area contributed by atoms with Crippen molar-refractivity contribution in [3.8, 4) is 5.75 Å². The molecule has 3 N–H and O–H groups in total. The van der Waals surface area contributed by atoms with Gasteiger partial charge in [-0.3, -0.25) is 0 Å². The molecule has 1 heterocycles. The lowest BCUT2D eigenvalue weighted by atomic mass is 10.1. The van der Waals surface area contributed by atoms with Crippen molar-refractivity contribution in [3.05, 3.63) is 35.5 Å². The molecule has 0 bridgehead atoms. The fourth-order valence-corrected chi connectivity index (χ4v) is 2.97. The summed E-state index contributed by atoms with van der Waals surface area (Å²) in [7, 11) is 2.84. The molecule has 0 radical (unpaired) electrons. The molecule has 29 heavy (non-hydrogen) atoms. The van der Waals surface area contributed by atoms with Crippen LogP contribution in [-0.4, -0.2) is 47.9 Å². The molecule has 8 nitrogen and oxygen atoms in total. The lowest BCUT2D eigenvalue weighted by Gasteiger charge is -2.20. The first kappa shape index (κ1) is 20.9. The smallest absolute Gasteiger partial charge is 0.341 e. The van der Waals surface area contributed by atoms with E-state index in [2.05, 4.69) is 20.6 Å². The van der Waals surface area contributed by atoms with Crippen LogP contribution >= 0.6 is 0 Å². The average Bonchev–Trinajstić information content (AvgIpc) is 3.56. The summed E-state index contributed by atoms with van der Waals surface area (Å²) < 4.78 is 10.1. The fraction of sp³-hybridized carbons (Fsp3) is 0.476. The number of nitrogens with zero attached hydrogens (tertiary/aromatic N) is 2. The van der Waals surface area contributed by atoms with Gasteiger partial charge in [-0.25, -0.2) is 9.78 Å². The summed E-state index contributed by atoms with van der Waals surface area (Å²) >= 11 is 0. The van der Waals surface area contributed by atoms with Gasteiger partial charge in [-0.2, -0.15) is 4.98 Å². The van der Waals surface area contributed by atoms with E-state index in [1.54, 1.807) is 18.2 Å². The third kappa shape index (κ3) is 5.14. The number of aliphatic hydroxyl groups is 1. The second-order valence-corrected chi connectivity index (χ2v) is 7.48. The average molecular weight is 400 g/mol. The van der Waals surface area contributed by atoms with Crippen LogP contribution in [0.25, 0.3) is 0 Å². The van der Waals surface area contributed by atoms with Crippen LogP contribution < -0.4 is 15.4 Å². The van der Waals surface area contributed by atoms with Crippen molar-refractivity contribution in [2.24, 2.45) is 5.92 Å². The van der Waals surface area contributed by atoms with Crippen molar-refractivity contribution < 1.29 is 19.4 Å². The lowest BCUT2D eigenvalue weighted by molar-refractivity contribution is 0.0597. The number of benzene rings is 1. The molecule has 0 aliphatic heterocycles. The Balaban J connectivity index is 1.87. The lowest BCUT2D eigenvalue weighted by Crippen LogP contribution is -2.30. The minimum Gasteiger partial charge on any atom is -0.496 e. The van der Waals surface area contributed by atoms with E-state index in [4.69, 9.17) is 9.47 Å². The minimum absolute atomic E-state index is 0.00361. The van der Waals surface area contributed by atoms with Gasteiger partial charge in [0.2, 0.25) is 5.95 Å². The Hall–Kier alpha value is -2.87.